The first-order valence-corrected chi connectivity index (χ1v) is 8.07. The molecule has 0 unspecified atom stereocenters. The Labute approximate surface area is 130 Å². The maximum Gasteiger partial charge on any atom is 0.174 e. The predicted octanol–water partition coefficient (Wildman–Crippen LogP) is 4.13. The summed E-state index contributed by atoms with van der Waals surface area (Å²) in [5.41, 5.74) is 1.22. The summed E-state index contributed by atoms with van der Waals surface area (Å²) in [6, 6.07) is 4.79. The van der Waals surface area contributed by atoms with Crippen molar-refractivity contribution in [2.75, 3.05) is 14.2 Å². The highest BCUT2D eigenvalue weighted by atomic mass is 79.9. The molecule has 0 heterocycles. The molecular weight excluding hydrogens is 318 g/mol. The van der Waals surface area contributed by atoms with E-state index in [2.05, 4.69) is 34.2 Å². The van der Waals surface area contributed by atoms with E-state index in [1.54, 1.807) is 14.2 Å². The molecule has 0 amide bonds. The molecule has 3 nitrogen and oxygen atoms in total. The minimum Gasteiger partial charge on any atom is -0.493 e. The Morgan fingerprint density at radius 2 is 1.85 bits per heavy atom. The number of methoxy groups -OCH3 is 2. The van der Waals surface area contributed by atoms with Crippen molar-refractivity contribution in [1.82, 2.24) is 5.32 Å². The monoisotopic (exact) mass is 341 g/mol. The zero-order valence-corrected chi connectivity index (χ0v) is 14.1. The minimum atomic E-state index is 0.651. The maximum absolute atomic E-state index is 5.38. The van der Waals surface area contributed by atoms with E-state index in [-0.39, 0.29) is 0 Å². The third kappa shape index (κ3) is 3.89. The standard InChI is InChI=1S/C16H24BrNO2/c1-11-4-6-13(7-5-11)18-10-12-8-14(17)16(20-3)15(9-12)19-2/h8-9,11,13,18H,4-7,10H2,1-3H3. The molecule has 0 aliphatic heterocycles. The minimum absolute atomic E-state index is 0.651. The summed E-state index contributed by atoms with van der Waals surface area (Å²) in [5.74, 6) is 2.42. The van der Waals surface area contributed by atoms with Crippen molar-refractivity contribution in [3.05, 3.63) is 22.2 Å². The second-order valence-corrected chi connectivity index (χ2v) is 6.51. The van der Waals surface area contributed by atoms with E-state index < -0.39 is 0 Å². The molecule has 0 bridgehead atoms. The number of ether oxygens (including phenoxy) is 2. The summed E-state index contributed by atoms with van der Waals surface area (Å²) in [7, 11) is 3.33. The van der Waals surface area contributed by atoms with Gasteiger partial charge in [0.1, 0.15) is 0 Å². The largest absolute Gasteiger partial charge is 0.493 e. The topological polar surface area (TPSA) is 30.5 Å². The quantitative estimate of drug-likeness (QED) is 0.873. The molecule has 112 valence electrons. The summed E-state index contributed by atoms with van der Waals surface area (Å²) in [4.78, 5) is 0. The Hall–Kier alpha value is -0.740. The summed E-state index contributed by atoms with van der Waals surface area (Å²) in [6.45, 7) is 3.22. The molecule has 1 aliphatic rings. The first kappa shape index (κ1) is 15.6. The van der Waals surface area contributed by atoms with Crippen molar-refractivity contribution in [2.24, 2.45) is 5.92 Å². The molecule has 1 aromatic carbocycles. The van der Waals surface area contributed by atoms with Gasteiger partial charge in [0.05, 0.1) is 18.7 Å². The molecule has 1 fully saturated rings. The molecule has 20 heavy (non-hydrogen) atoms. The first-order chi connectivity index (χ1) is 9.63. The van der Waals surface area contributed by atoms with Gasteiger partial charge in [-0.3, -0.25) is 0 Å². The van der Waals surface area contributed by atoms with Crippen LogP contribution in [0.1, 0.15) is 38.2 Å². The van der Waals surface area contributed by atoms with Crippen molar-refractivity contribution < 1.29 is 9.47 Å². The SMILES string of the molecule is COc1cc(CNC2CCC(C)CC2)cc(Br)c1OC. The van der Waals surface area contributed by atoms with Crippen molar-refractivity contribution in [1.29, 1.82) is 0 Å². The van der Waals surface area contributed by atoms with Gasteiger partial charge in [0.25, 0.3) is 0 Å². The van der Waals surface area contributed by atoms with Gasteiger partial charge >= 0.3 is 0 Å². The van der Waals surface area contributed by atoms with Crippen LogP contribution in [0.25, 0.3) is 0 Å². The number of rotatable bonds is 5. The van der Waals surface area contributed by atoms with Gasteiger partial charge in [-0.2, -0.15) is 0 Å². The van der Waals surface area contributed by atoms with E-state index in [0.717, 1.165) is 28.4 Å². The molecule has 0 aromatic heterocycles. The van der Waals surface area contributed by atoms with Crippen LogP contribution in [0.4, 0.5) is 0 Å². The second kappa shape index (κ2) is 7.32. The molecule has 0 radical (unpaired) electrons. The van der Waals surface area contributed by atoms with Crippen LogP contribution in [-0.2, 0) is 6.54 Å². The Balaban J connectivity index is 1.97. The Morgan fingerprint density at radius 3 is 2.45 bits per heavy atom. The van der Waals surface area contributed by atoms with Crippen molar-refractivity contribution in [3.8, 4) is 11.5 Å². The first-order valence-electron chi connectivity index (χ1n) is 7.27. The van der Waals surface area contributed by atoms with Gasteiger partial charge < -0.3 is 14.8 Å². The van der Waals surface area contributed by atoms with E-state index in [1.165, 1.54) is 31.2 Å². The van der Waals surface area contributed by atoms with Gasteiger partial charge in [0.15, 0.2) is 11.5 Å². The van der Waals surface area contributed by atoms with Crippen LogP contribution in [0, 0.1) is 5.92 Å². The highest BCUT2D eigenvalue weighted by Crippen LogP contribution is 2.36. The fourth-order valence-corrected chi connectivity index (χ4v) is 3.45. The van der Waals surface area contributed by atoms with Gasteiger partial charge in [-0.25, -0.2) is 0 Å². The smallest absolute Gasteiger partial charge is 0.174 e. The highest BCUT2D eigenvalue weighted by Gasteiger charge is 2.18. The molecule has 0 atom stereocenters. The van der Waals surface area contributed by atoms with E-state index >= 15 is 0 Å². The van der Waals surface area contributed by atoms with Gasteiger partial charge in [0, 0.05) is 12.6 Å². The Bertz CT molecular complexity index is 442. The van der Waals surface area contributed by atoms with Gasteiger partial charge in [-0.1, -0.05) is 6.92 Å². The summed E-state index contributed by atoms with van der Waals surface area (Å²) < 4.78 is 11.7. The number of benzene rings is 1. The number of halogens is 1. The third-order valence-corrected chi connectivity index (χ3v) is 4.69. The Morgan fingerprint density at radius 1 is 1.15 bits per heavy atom. The van der Waals surface area contributed by atoms with Crippen LogP contribution in [0.15, 0.2) is 16.6 Å². The average Bonchev–Trinajstić information content (AvgIpc) is 2.46. The van der Waals surface area contributed by atoms with Crippen LogP contribution in [0.5, 0.6) is 11.5 Å². The lowest BCUT2D eigenvalue weighted by Gasteiger charge is -2.27. The van der Waals surface area contributed by atoms with E-state index in [0.29, 0.717) is 6.04 Å². The van der Waals surface area contributed by atoms with E-state index in [9.17, 15) is 0 Å². The van der Waals surface area contributed by atoms with Crippen LogP contribution in [-0.4, -0.2) is 20.3 Å². The molecule has 2 rings (SSSR count). The highest BCUT2D eigenvalue weighted by molar-refractivity contribution is 9.10. The van der Waals surface area contributed by atoms with Gasteiger partial charge in [-0.15, -0.1) is 0 Å². The lowest BCUT2D eigenvalue weighted by Crippen LogP contribution is -2.32. The molecule has 0 spiro atoms. The molecule has 4 heteroatoms. The lowest BCUT2D eigenvalue weighted by atomic mass is 9.87. The molecular formula is C16H24BrNO2. The fourth-order valence-electron chi connectivity index (χ4n) is 2.80. The molecule has 1 aromatic rings. The zero-order chi connectivity index (χ0) is 14.5. The number of hydrogen-bond acceptors (Lipinski definition) is 3. The fraction of sp³-hybridized carbons (Fsp3) is 0.625. The van der Waals surface area contributed by atoms with Crippen LogP contribution in [0.3, 0.4) is 0 Å². The summed E-state index contributed by atoms with van der Waals surface area (Å²) in [5, 5.41) is 3.66. The van der Waals surface area contributed by atoms with Crippen molar-refractivity contribution in [3.63, 3.8) is 0 Å². The maximum atomic E-state index is 5.38. The summed E-state index contributed by atoms with van der Waals surface area (Å²) >= 11 is 3.54. The van der Waals surface area contributed by atoms with Crippen molar-refractivity contribution in [2.45, 2.75) is 45.2 Å². The zero-order valence-electron chi connectivity index (χ0n) is 12.5. The lowest BCUT2D eigenvalue weighted by molar-refractivity contribution is 0.306. The predicted molar refractivity (Wildman–Crippen MR) is 85.5 cm³/mol. The molecule has 1 saturated carbocycles. The Kier molecular flexibility index (Phi) is 5.73. The average molecular weight is 342 g/mol. The van der Waals surface area contributed by atoms with Crippen molar-refractivity contribution >= 4 is 15.9 Å². The molecule has 0 saturated heterocycles. The van der Waals surface area contributed by atoms with Gasteiger partial charge in [-0.05, 0) is 65.2 Å². The number of nitrogens with one attached hydrogen (secondary N) is 1. The van der Waals surface area contributed by atoms with E-state index in [4.69, 9.17) is 9.47 Å². The van der Waals surface area contributed by atoms with E-state index in [1.807, 2.05) is 6.07 Å². The third-order valence-electron chi connectivity index (χ3n) is 4.10. The van der Waals surface area contributed by atoms with Gasteiger partial charge in [0.2, 0.25) is 0 Å². The normalized spacial score (nSPS) is 22.6. The molecule has 1 aliphatic carbocycles. The van der Waals surface area contributed by atoms with Crippen LogP contribution in [0.2, 0.25) is 0 Å². The second-order valence-electron chi connectivity index (χ2n) is 5.65. The molecule has 1 N–H and O–H groups in total. The van der Waals surface area contributed by atoms with Crippen LogP contribution >= 0.6 is 15.9 Å². The summed E-state index contributed by atoms with van der Waals surface area (Å²) in [6.07, 6.45) is 5.26. The number of hydrogen-bond donors (Lipinski definition) is 1. The van der Waals surface area contributed by atoms with Crippen LogP contribution < -0.4 is 14.8 Å².